The molecule has 1 amide bonds. The molecule has 1 aliphatic heterocycles. The molecule has 1 atom stereocenters. The van der Waals surface area contributed by atoms with E-state index in [4.69, 9.17) is 10.5 Å². The van der Waals surface area contributed by atoms with E-state index in [0.29, 0.717) is 31.6 Å². The van der Waals surface area contributed by atoms with Crippen LogP contribution >= 0.6 is 12.4 Å². The Bertz CT molecular complexity index is 561. The number of carbonyl (C=O) groups is 1. The summed E-state index contributed by atoms with van der Waals surface area (Å²) in [6.45, 7) is 2.97. The summed E-state index contributed by atoms with van der Waals surface area (Å²) in [5.41, 5.74) is 5.82. The summed E-state index contributed by atoms with van der Waals surface area (Å²) in [7, 11) is 0. The van der Waals surface area contributed by atoms with Crippen LogP contribution in [-0.2, 0) is 9.53 Å². The molecule has 1 aliphatic rings. The second-order valence-electron chi connectivity index (χ2n) is 5.91. The Morgan fingerprint density at radius 2 is 1.88 bits per heavy atom. The molecule has 1 aromatic rings. The first kappa shape index (κ1) is 21.5. The van der Waals surface area contributed by atoms with Gasteiger partial charge in [0.2, 0.25) is 5.91 Å². The fourth-order valence-corrected chi connectivity index (χ4v) is 2.68. The van der Waals surface area contributed by atoms with Crippen LogP contribution in [0.1, 0.15) is 31.4 Å². The lowest BCUT2D eigenvalue weighted by molar-refractivity contribution is -0.274. The molecule has 1 saturated heterocycles. The summed E-state index contributed by atoms with van der Waals surface area (Å²) >= 11 is 0. The minimum absolute atomic E-state index is 0. The van der Waals surface area contributed by atoms with Crippen molar-refractivity contribution in [3.63, 3.8) is 0 Å². The van der Waals surface area contributed by atoms with Crippen molar-refractivity contribution in [2.24, 2.45) is 11.1 Å². The predicted molar refractivity (Wildman–Crippen MR) is 88.5 cm³/mol. The Hall–Kier alpha value is -1.51. The molecule has 0 radical (unpaired) electrons. The van der Waals surface area contributed by atoms with Gasteiger partial charge in [-0.05, 0) is 37.5 Å². The van der Waals surface area contributed by atoms with E-state index >= 15 is 0 Å². The molecule has 5 nitrogen and oxygen atoms in total. The minimum atomic E-state index is -4.72. The average molecular weight is 383 g/mol. The standard InChI is InChI=1S/C16H21F3N2O3.ClH/c1-11(12-2-4-13(5-3-12)24-16(17,18)19)21-14(22)15(10-20)6-8-23-9-7-15;/h2-5,11H,6-10,20H2,1H3,(H,21,22);1H. The van der Waals surface area contributed by atoms with E-state index in [1.54, 1.807) is 6.92 Å². The van der Waals surface area contributed by atoms with Crippen LogP contribution in [0.4, 0.5) is 13.2 Å². The summed E-state index contributed by atoms with van der Waals surface area (Å²) in [4.78, 5) is 12.6. The van der Waals surface area contributed by atoms with Crippen molar-refractivity contribution >= 4 is 18.3 Å². The first-order chi connectivity index (χ1) is 11.3. The molecule has 142 valence electrons. The Labute approximate surface area is 150 Å². The molecular formula is C16H22ClF3N2O3. The van der Waals surface area contributed by atoms with E-state index in [0.717, 1.165) is 0 Å². The van der Waals surface area contributed by atoms with Crippen LogP contribution in [-0.4, -0.2) is 32.0 Å². The largest absolute Gasteiger partial charge is 0.573 e. The molecular weight excluding hydrogens is 361 g/mol. The van der Waals surface area contributed by atoms with Gasteiger partial charge in [0.25, 0.3) is 0 Å². The predicted octanol–water partition coefficient (Wildman–Crippen LogP) is 2.94. The van der Waals surface area contributed by atoms with Gasteiger partial charge in [-0.3, -0.25) is 4.79 Å². The molecule has 1 fully saturated rings. The lowest BCUT2D eigenvalue weighted by Crippen LogP contribution is -2.49. The molecule has 25 heavy (non-hydrogen) atoms. The zero-order valence-electron chi connectivity index (χ0n) is 13.8. The van der Waals surface area contributed by atoms with Gasteiger partial charge in [-0.2, -0.15) is 0 Å². The zero-order valence-corrected chi connectivity index (χ0v) is 14.6. The van der Waals surface area contributed by atoms with Gasteiger partial charge in [0.1, 0.15) is 5.75 Å². The van der Waals surface area contributed by atoms with Crippen LogP contribution in [0.15, 0.2) is 24.3 Å². The summed E-state index contributed by atoms with van der Waals surface area (Å²) < 4.78 is 45.6. The Balaban J connectivity index is 0.00000312. The Kier molecular flexibility index (Phi) is 7.52. The SMILES string of the molecule is CC(NC(=O)C1(CN)CCOCC1)c1ccc(OC(F)(F)F)cc1.Cl. The zero-order chi connectivity index (χ0) is 17.8. The van der Waals surface area contributed by atoms with Crippen LogP contribution in [0.3, 0.4) is 0 Å². The van der Waals surface area contributed by atoms with Gasteiger partial charge in [0.15, 0.2) is 0 Å². The van der Waals surface area contributed by atoms with Crippen LogP contribution < -0.4 is 15.8 Å². The maximum Gasteiger partial charge on any atom is 0.573 e. The van der Waals surface area contributed by atoms with Gasteiger partial charge in [0, 0.05) is 19.8 Å². The maximum atomic E-state index is 12.6. The van der Waals surface area contributed by atoms with Crippen molar-refractivity contribution in [2.45, 2.75) is 32.2 Å². The van der Waals surface area contributed by atoms with Crippen molar-refractivity contribution in [3.8, 4) is 5.75 Å². The maximum absolute atomic E-state index is 12.6. The summed E-state index contributed by atoms with van der Waals surface area (Å²) in [6.07, 6.45) is -3.61. The number of nitrogens with one attached hydrogen (secondary N) is 1. The summed E-state index contributed by atoms with van der Waals surface area (Å²) in [6, 6.07) is 5.07. The van der Waals surface area contributed by atoms with Crippen LogP contribution in [0, 0.1) is 5.41 Å². The van der Waals surface area contributed by atoms with Gasteiger partial charge in [0.05, 0.1) is 11.5 Å². The topological polar surface area (TPSA) is 73.6 Å². The van der Waals surface area contributed by atoms with Crippen LogP contribution in [0.5, 0.6) is 5.75 Å². The fraction of sp³-hybridized carbons (Fsp3) is 0.562. The molecule has 0 saturated carbocycles. The number of hydrogen-bond donors (Lipinski definition) is 2. The van der Waals surface area contributed by atoms with Crippen molar-refractivity contribution in [1.82, 2.24) is 5.32 Å². The monoisotopic (exact) mass is 382 g/mol. The molecule has 1 unspecified atom stereocenters. The smallest absolute Gasteiger partial charge is 0.406 e. The number of hydrogen-bond acceptors (Lipinski definition) is 4. The van der Waals surface area contributed by atoms with Crippen LogP contribution in [0.25, 0.3) is 0 Å². The molecule has 0 bridgehead atoms. The van der Waals surface area contributed by atoms with E-state index in [-0.39, 0.29) is 36.7 Å². The number of alkyl halides is 3. The Morgan fingerprint density at radius 3 is 2.36 bits per heavy atom. The lowest BCUT2D eigenvalue weighted by Gasteiger charge is -2.35. The van der Waals surface area contributed by atoms with Crippen molar-refractivity contribution in [1.29, 1.82) is 0 Å². The van der Waals surface area contributed by atoms with Gasteiger partial charge >= 0.3 is 6.36 Å². The molecule has 9 heteroatoms. The molecule has 1 heterocycles. The number of halogens is 4. The first-order valence-electron chi connectivity index (χ1n) is 7.70. The average Bonchev–Trinajstić information content (AvgIpc) is 2.54. The highest BCUT2D eigenvalue weighted by Gasteiger charge is 2.39. The van der Waals surface area contributed by atoms with Gasteiger partial charge in [-0.25, -0.2) is 0 Å². The normalized spacial score (nSPS) is 18.0. The molecule has 0 aliphatic carbocycles. The third-order valence-electron chi connectivity index (χ3n) is 4.28. The molecule has 0 aromatic heterocycles. The highest BCUT2D eigenvalue weighted by molar-refractivity contribution is 5.85. The molecule has 0 spiro atoms. The van der Waals surface area contributed by atoms with E-state index in [1.165, 1.54) is 24.3 Å². The number of ether oxygens (including phenoxy) is 2. The van der Waals surface area contributed by atoms with E-state index < -0.39 is 11.8 Å². The van der Waals surface area contributed by atoms with Crippen LogP contribution in [0.2, 0.25) is 0 Å². The highest BCUT2D eigenvalue weighted by atomic mass is 35.5. The second kappa shape index (κ2) is 8.73. The molecule has 3 N–H and O–H groups in total. The lowest BCUT2D eigenvalue weighted by atomic mass is 9.79. The molecule has 1 aromatic carbocycles. The number of nitrogens with two attached hydrogens (primary N) is 1. The summed E-state index contributed by atoms with van der Waals surface area (Å²) in [5.74, 6) is -0.455. The first-order valence-corrected chi connectivity index (χ1v) is 7.70. The minimum Gasteiger partial charge on any atom is -0.406 e. The number of amides is 1. The van der Waals surface area contributed by atoms with E-state index in [9.17, 15) is 18.0 Å². The van der Waals surface area contributed by atoms with Gasteiger partial charge in [-0.1, -0.05) is 12.1 Å². The van der Waals surface area contributed by atoms with Gasteiger partial charge < -0.3 is 20.5 Å². The third-order valence-corrected chi connectivity index (χ3v) is 4.28. The second-order valence-corrected chi connectivity index (χ2v) is 5.91. The van der Waals surface area contributed by atoms with Crippen molar-refractivity contribution in [3.05, 3.63) is 29.8 Å². The van der Waals surface area contributed by atoms with E-state index in [2.05, 4.69) is 10.1 Å². The van der Waals surface area contributed by atoms with E-state index in [1.807, 2.05) is 0 Å². The third kappa shape index (κ3) is 5.76. The van der Waals surface area contributed by atoms with Crippen molar-refractivity contribution < 1.29 is 27.4 Å². The molecule has 2 rings (SSSR count). The fourth-order valence-electron chi connectivity index (χ4n) is 2.68. The Morgan fingerprint density at radius 1 is 1.32 bits per heavy atom. The van der Waals surface area contributed by atoms with Crippen molar-refractivity contribution in [2.75, 3.05) is 19.8 Å². The van der Waals surface area contributed by atoms with Gasteiger partial charge in [-0.15, -0.1) is 25.6 Å². The quantitative estimate of drug-likeness (QED) is 0.821. The number of carbonyl (C=O) groups excluding carboxylic acids is 1. The number of rotatable bonds is 5. The number of benzene rings is 1. The highest BCUT2D eigenvalue weighted by Crippen LogP contribution is 2.31. The summed E-state index contributed by atoms with van der Waals surface area (Å²) in [5, 5.41) is 2.89.